The van der Waals surface area contributed by atoms with Crippen LogP contribution in [0.3, 0.4) is 0 Å². The number of nitrogens with zero attached hydrogens (tertiary/aromatic N) is 1. The Morgan fingerprint density at radius 2 is 2.00 bits per heavy atom. The van der Waals surface area contributed by atoms with Gasteiger partial charge >= 0.3 is 0 Å². The molecule has 0 aliphatic carbocycles. The first-order chi connectivity index (χ1) is 9.58. The number of anilines is 1. The van der Waals surface area contributed by atoms with Crippen molar-refractivity contribution in [2.45, 2.75) is 40.2 Å². The Bertz CT molecular complexity index is 417. The highest BCUT2D eigenvalue weighted by molar-refractivity contribution is 5.92. The molecule has 0 aliphatic heterocycles. The lowest BCUT2D eigenvalue weighted by Gasteiger charge is -2.18. The molecule has 0 bridgehead atoms. The quantitative estimate of drug-likeness (QED) is 0.794. The molecule has 1 aromatic carbocycles. The average Bonchev–Trinajstić information content (AvgIpc) is 2.44. The van der Waals surface area contributed by atoms with E-state index in [2.05, 4.69) is 31.0 Å². The van der Waals surface area contributed by atoms with E-state index in [-0.39, 0.29) is 12.0 Å². The summed E-state index contributed by atoms with van der Waals surface area (Å²) in [6.07, 6.45) is 1.13. The fraction of sp³-hybridized carbons (Fsp3) is 0.562. The van der Waals surface area contributed by atoms with Gasteiger partial charge in [-0.2, -0.15) is 0 Å². The molecule has 0 aliphatic rings. The molecule has 0 radical (unpaired) electrons. The topological polar surface area (TPSA) is 41.6 Å². The third-order valence-electron chi connectivity index (χ3n) is 3.29. The van der Waals surface area contributed by atoms with Crippen molar-refractivity contribution in [3.8, 4) is 5.75 Å². The molecule has 1 unspecified atom stereocenters. The summed E-state index contributed by atoms with van der Waals surface area (Å²) in [5, 5.41) is 2.91. The molecule has 0 aromatic heterocycles. The zero-order chi connectivity index (χ0) is 15.0. The normalized spacial score (nSPS) is 12.2. The van der Waals surface area contributed by atoms with Crippen LogP contribution in [-0.2, 0) is 4.79 Å². The Hall–Kier alpha value is -1.55. The van der Waals surface area contributed by atoms with Crippen LogP contribution in [0, 0.1) is 0 Å². The predicted octanol–water partition coefficient (Wildman–Crippen LogP) is 3.14. The molecule has 20 heavy (non-hydrogen) atoms. The van der Waals surface area contributed by atoms with Gasteiger partial charge in [0.05, 0.1) is 12.6 Å². The molecule has 1 rings (SSSR count). The summed E-state index contributed by atoms with van der Waals surface area (Å²) in [6, 6.07) is 7.55. The van der Waals surface area contributed by atoms with Crippen LogP contribution in [0.15, 0.2) is 24.3 Å². The first-order valence-electron chi connectivity index (χ1n) is 7.37. The summed E-state index contributed by atoms with van der Waals surface area (Å²) in [4.78, 5) is 14.0. The number of carbonyl (C=O) groups is 1. The van der Waals surface area contributed by atoms with E-state index in [4.69, 9.17) is 4.74 Å². The minimum atomic E-state index is 0.00869. The first kappa shape index (κ1) is 16.5. The average molecular weight is 278 g/mol. The summed E-state index contributed by atoms with van der Waals surface area (Å²) in [6.45, 7) is 10.4. The molecular formula is C16H26N2O2. The van der Waals surface area contributed by atoms with Crippen molar-refractivity contribution in [3.63, 3.8) is 0 Å². The second-order valence-corrected chi connectivity index (χ2v) is 4.87. The molecule has 112 valence electrons. The van der Waals surface area contributed by atoms with Crippen LogP contribution in [-0.4, -0.2) is 36.5 Å². The minimum Gasteiger partial charge on any atom is -0.491 e. The molecule has 0 fully saturated rings. The maximum absolute atomic E-state index is 11.9. The molecule has 1 N–H and O–H groups in total. The predicted molar refractivity (Wildman–Crippen MR) is 83.2 cm³/mol. The van der Waals surface area contributed by atoms with Crippen molar-refractivity contribution in [1.29, 1.82) is 0 Å². The number of carbonyl (C=O) groups excluding carboxylic acids is 1. The number of benzene rings is 1. The van der Waals surface area contributed by atoms with Crippen molar-refractivity contribution >= 4 is 11.6 Å². The molecule has 1 amide bonds. The van der Waals surface area contributed by atoms with Crippen molar-refractivity contribution < 1.29 is 9.53 Å². The molecule has 1 atom stereocenters. The van der Waals surface area contributed by atoms with Gasteiger partial charge in [-0.25, -0.2) is 0 Å². The standard InChI is InChI=1S/C16H26N2O2/c1-5-13(4)20-15-10-8-9-14(11-15)17-16(19)12-18(6-2)7-3/h8-11,13H,5-7,12H2,1-4H3,(H,17,19). The highest BCUT2D eigenvalue weighted by atomic mass is 16.5. The van der Waals surface area contributed by atoms with Gasteiger partial charge in [-0.05, 0) is 38.6 Å². The van der Waals surface area contributed by atoms with Crippen LogP contribution in [0.4, 0.5) is 5.69 Å². The SMILES string of the molecule is CCC(C)Oc1cccc(NC(=O)CN(CC)CC)c1. The van der Waals surface area contributed by atoms with Gasteiger partial charge in [-0.1, -0.05) is 26.8 Å². The van der Waals surface area contributed by atoms with E-state index in [1.807, 2.05) is 31.2 Å². The van der Waals surface area contributed by atoms with E-state index < -0.39 is 0 Å². The number of likely N-dealkylation sites (N-methyl/N-ethyl adjacent to an activating group) is 1. The Balaban J connectivity index is 2.59. The number of hydrogen-bond donors (Lipinski definition) is 1. The second kappa shape index (κ2) is 8.59. The van der Waals surface area contributed by atoms with Crippen LogP contribution in [0.25, 0.3) is 0 Å². The Morgan fingerprint density at radius 3 is 2.60 bits per heavy atom. The van der Waals surface area contributed by atoms with Crippen LogP contribution < -0.4 is 10.1 Å². The molecule has 0 saturated carbocycles. The van der Waals surface area contributed by atoms with Gasteiger partial charge in [-0.15, -0.1) is 0 Å². The van der Waals surface area contributed by atoms with Gasteiger partial charge in [-0.3, -0.25) is 9.69 Å². The Labute approximate surface area is 122 Å². The van der Waals surface area contributed by atoms with E-state index in [0.29, 0.717) is 6.54 Å². The second-order valence-electron chi connectivity index (χ2n) is 4.87. The van der Waals surface area contributed by atoms with Gasteiger partial charge in [0.15, 0.2) is 0 Å². The highest BCUT2D eigenvalue weighted by Crippen LogP contribution is 2.19. The molecule has 0 spiro atoms. The van der Waals surface area contributed by atoms with Gasteiger partial charge in [0.2, 0.25) is 5.91 Å². The van der Waals surface area contributed by atoms with E-state index in [0.717, 1.165) is 30.9 Å². The number of hydrogen-bond acceptors (Lipinski definition) is 3. The lowest BCUT2D eigenvalue weighted by molar-refractivity contribution is -0.117. The number of amides is 1. The molecule has 0 saturated heterocycles. The third kappa shape index (κ3) is 5.61. The molecule has 0 heterocycles. The van der Waals surface area contributed by atoms with Gasteiger partial charge in [0.25, 0.3) is 0 Å². The van der Waals surface area contributed by atoms with Crippen LogP contribution in [0.5, 0.6) is 5.75 Å². The van der Waals surface area contributed by atoms with Crippen LogP contribution >= 0.6 is 0 Å². The zero-order valence-electron chi connectivity index (χ0n) is 13.0. The summed E-state index contributed by atoms with van der Waals surface area (Å²) >= 11 is 0. The highest BCUT2D eigenvalue weighted by Gasteiger charge is 2.08. The monoisotopic (exact) mass is 278 g/mol. The van der Waals surface area contributed by atoms with Crippen molar-refractivity contribution in [2.75, 3.05) is 25.0 Å². The third-order valence-corrected chi connectivity index (χ3v) is 3.29. The minimum absolute atomic E-state index is 0.00869. The van der Waals surface area contributed by atoms with Gasteiger partial charge < -0.3 is 10.1 Å². The smallest absolute Gasteiger partial charge is 0.238 e. The lowest BCUT2D eigenvalue weighted by Crippen LogP contribution is -2.32. The van der Waals surface area contributed by atoms with E-state index in [9.17, 15) is 4.79 Å². The van der Waals surface area contributed by atoms with E-state index >= 15 is 0 Å². The van der Waals surface area contributed by atoms with Crippen molar-refractivity contribution in [2.24, 2.45) is 0 Å². The number of nitrogens with one attached hydrogen (secondary N) is 1. The van der Waals surface area contributed by atoms with Crippen molar-refractivity contribution in [1.82, 2.24) is 4.90 Å². The van der Waals surface area contributed by atoms with Gasteiger partial charge in [0.1, 0.15) is 5.75 Å². The van der Waals surface area contributed by atoms with Crippen LogP contribution in [0.1, 0.15) is 34.1 Å². The molecular weight excluding hydrogens is 252 g/mol. The lowest BCUT2D eigenvalue weighted by atomic mass is 10.2. The molecule has 4 nitrogen and oxygen atoms in total. The zero-order valence-corrected chi connectivity index (χ0v) is 13.0. The number of rotatable bonds is 8. The largest absolute Gasteiger partial charge is 0.491 e. The summed E-state index contributed by atoms with van der Waals surface area (Å²) < 4.78 is 5.75. The number of ether oxygens (including phenoxy) is 1. The maximum atomic E-state index is 11.9. The Kier molecular flexibility index (Phi) is 7.09. The summed E-state index contributed by atoms with van der Waals surface area (Å²) in [5.41, 5.74) is 0.781. The van der Waals surface area contributed by atoms with E-state index in [1.54, 1.807) is 0 Å². The first-order valence-corrected chi connectivity index (χ1v) is 7.37. The van der Waals surface area contributed by atoms with Crippen molar-refractivity contribution in [3.05, 3.63) is 24.3 Å². The maximum Gasteiger partial charge on any atom is 0.238 e. The Morgan fingerprint density at radius 1 is 1.30 bits per heavy atom. The summed E-state index contributed by atoms with van der Waals surface area (Å²) in [5.74, 6) is 0.800. The fourth-order valence-electron chi connectivity index (χ4n) is 1.81. The van der Waals surface area contributed by atoms with E-state index in [1.165, 1.54) is 0 Å². The molecule has 4 heteroatoms. The molecule has 1 aromatic rings. The van der Waals surface area contributed by atoms with Crippen LogP contribution in [0.2, 0.25) is 0 Å². The fourth-order valence-corrected chi connectivity index (χ4v) is 1.81. The summed E-state index contributed by atoms with van der Waals surface area (Å²) in [7, 11) is 0. The van der Waals surface area contributed by atoms with Gasteiger partial charge in [0, 0.05) is 11.8 Å².